The lowest BCUT2D eigenvalue weighted by molar-refractivity contribution is -0.385. The number of para-hydroxylation sites is 1. The number of nitro groups is 1. The molecule has 3 aromatic rings. The number of furan rings is 1. The lowest BCUT2D eigenvalue weighted by atomic mass is 10.1. The number of nitrogens with zero attached hydrogens (tertiary/aromatic N) is 1. The van der Waals surface area contributed by atoms with Gasteiger partial charge in [-0.15, -0.1) is 0 Å². The van der Waals surface area contributed by atoms with Crippen molar-refractivity contribution in [2.45, 2.75) is 26.4 Å². The third-order valence-corrected chi connectivity index (χ3v) is 4.39. The van der Waals surface area contributed by atoms with Gasteiger partial charge in [-0.2, -0.15) is 0 Å². The number of nitro benzene ring substituents is 1. The van der Waals surface area contributed by atoms with Crippen LogP contribution in [0.4, 0.5) is 5.69 Å². The standard InChI is InChI=1S/C20H19ClN2O4/c1-13-7-9-18(26-13)14(2)22-12-15-8-10-20(17(11-15)23(24)25)27-19-6-4-3-5-16(19)21/h3-11,14,22H,12H2,1-2H3. The summed E-state index contributed by atoms with van der Waals surface area (Å²) in [5.41, 5.74) is 0.652. The number of benzene rings is 2. The minimum absolute atomic E-state index is 0.0168. The van der Waals surface area contributed by atoms with E-state index in [1.807, 2.05) is 26.0 Å². The third-order valence-electron chi connectivity index (χ3n) is 4.08. The second-order valence-electron chi connectivity index (χ2n) is 6.14. The summed E-state index contributed by atoms with van der Waals surface area (Å²) in [6, 6.07) is 15.5. The minimum atomic E-state index is -0.463. The molecule has 0 saturated carbocycles. The van der Waals surface area contributed by atoms with Crippen molar-refractivity contribution in [3.8, 4) is 11.5 Å². The van der Waals surface area contributed by atoms with Crippen molar-refractivity contribution in [3.05, 3.63) is 86.8 Å². The van der Waals surface area contributed by atoms with Crippen molar-refractivity contribution in [2.75, 3.05) is 0 Å². The normalized spacial score (nSPS) is 12.0. The number of ether oxygens (including phenoxy) is 1. The van der Waals surface area contributed by atoms with Crippen LogP contribution in [0.25, 0.3) is 0 Å². The topological polar surface area (TPSA) is 77.5 Å². The molecule has 3 rings (SSSR count). The van der Waals surface area contributed by atoms with E-state index in [1.165, 1.54) is 6.07 Å². The monoisotopic (exact) mass is 386 g/mol. The molecule has 0 bridgehead atoms. The SMILES string of the molecule is Cc1ccc(C(C)NCc2ccc(Oc3ccccc3Cl)c([N+](=O)[O-])c2)o1. The zero-order valence-electron chi connectivity index (χ0n) is 14.9. The van der Waals surface area contributed by atoms with Gasteiger partial charge in [-0.05, 0) is 49.7 Å². The van der Waals surface area contributed by atoms with E-state index in [-0.39, 0.29) is 17.5 Å². The van der Waals surface area contributed by atoms with E-state index in [1.54, 1.807) is 36.4 Å². The largest absolute Gasteiger partial charge is 0.465 e. The second-order valence-corrected chi connectivity index (χ2v) is 6.55. The van der Waals surface area contributed by atoms with Crippen LogP contribution in [-0.2, 0) is 6.54 Å². The first-order valence-corrected chi connectivity index (χ1v) is 8.81. The smallest absolute Gasteiger partial charge is 0.311 e. The maximum absolute atomic E-state index is 11.5. The quantitative estimate of drug-likeness (QED) is 0.410. The average molecular weight is 387 g/mol. The fraction of sp³-hybridized carbons (Fsp3) is 0.200. The predicted octanol–water partition coefficient (Wildman–Crippen LogP) is 5.79. The highest BCUT2D eigenvalue weighted by Crippen LogP contribution is 2.35. The lowest BCUT2D eigenvalue weighted by Crippen LogP contribution is -2.17. The maximum atomic E-state index is 11.5. The molecule has 27 heavy (non-hydrogen) atoms. The van der Waals surface area contributed by atoms with Gasteiger partial charge in [-0.3, -0.25) is 10.1 Å². The Hall–Kier alpha value is -2.83. The van der Waals surface area contributed by atoms with E-state index in [2.05, 4.69) is 5.32 Å². The van der Waals surface area contributed by atoms with Crippen molar-refractivity contribution >= 4 is 17.3 Å². The summed E-state index contributed by atoms with van der Waals surface area (Å²) in [7, 11) is 0. The van der Waals surface area contributed by atoms with Crippen molar-refractivity contribution < 1.29 is 14.1 Å². The van der Waals surface area contributed by atoms with E-state index in [4.69, 9.17) is 20.8 Å². The molecular weight excluding hydrogens is 368 g/mol. The highest BCUT2D eigenvalue weighted by atomic mass is 35.5. The van der Waals surface area contributed by atoms with Crippen LogP contribution in [-0.4, -0.2) is 4.92 Å². The van der Waals surface area contributed by atoms with Gasteiger partial charge < -0.3 is 14.5 Å². The minimum Gasteiger partial charge on any atom is -0.465 e. The molecule has 6 nitrogen and oxygen atoms in total. The molecule has 1 atom stereocenters. The van der Waals surface area contributed by atoms with E-state index in [0.717, 1.165) is 17.1 Å². The van der Waals surface area contributed by atoms with Crippen molar-refractivity contribution in [1.29, 1.82) is 0 Å². The summed E-state index contributed by atoms with van der Waals surface area (Å²) >= 11 is 6.07. The number of rotatable bonds is 7. The Balaban J connectivity index is 1.75. The van der Waals surface area contributed by atoms with Gasteiger partial charge in [0, 0.05) is 12.6 Å². The predicted molar refractivity (Wildman–Crippen MR) is 103 cm³/mol. The van der Waals surface area contributed by atoms with Gasteiger partial charge in [0.25, 0.3) is 0 Å². The van der Waals surface area contributed by atoms with Crippen LogP contribution in [0.15, 0.2) is 59.0 Å². The summed E-state index contributed by atoms with van der Waals surface area (Å²) < 4.78 is 11.2. The van der Waals surface area contributed by atoms with Gasteiger partial charge in [0.1, 0.15) is 17.3 Å². The maximum Gasteiger partial charge on any atom is 0.311 e. The van der Waals surface area contributed by atoms with E-state index in [9.17, 15) is 10.1 Å². The molecule has 0 spiro atoms. The van der Waals surface area contributed by atoms with Gasteiger partial charge in [0.15, 0.2) is 0 Å². The highest BCUT2D eigenvalue weighted by molar-refractivity contribution is 6.32. The molecule has 1 aromatic heterocycles. The van der Waals surface area contributed by atoms with Crippen molar-refractivity contribution in [1.82, 2.24) is 5.32 Å². The van der Waals surface area contributed by atoms with Crippen molar-refractivity contribution in [3.63, 3.8) is 0 Å². The number of hydrogen-bond donors (Lipinski definition) is 1. The second kappa shape index (κ2) is 8.24. The Morgan fingerprint density at radius 1 is 1.19 bits per heavy atom. The molecule has 0 saturated heterocycles. The average Bonchev–Trinajstić information content (AvgIpc) is 3.08. The Bertz CT molecular complexity index is 955. The molecule has 0 radical (unpaired) electrons. The molecule has 2 aromatic carbocycles. The van der Waals surface area contributed by atoms with Gasteiger partial charge in [0.05, 0.1) is 16.0 Å². The van der Waals surface area contributed by atoms with Gasteiger partial charge in [0.2, 0.25) is 5.75 Å². The Morgan fingerprint density at radius 3 is 2.63 bits per heavy atom. The number of hydrogen-bond acceptors (Lipinski definition) is 5. The molecule has 0 aliphatic heterocycles. The highest BCUT2D eigenvalue weighted by Gasteiger charge is 2.18. The Morgan fingerprint density at radius 2 is 1.96 bits per heavy atom. The summed E-state index contributed by atoms with van der Waals surface area (Å²) in [6.45, 7) is 4.31. The zero-order valence-corrected chi connectivity index (χ0v) is 15.7. The van der Waals surface area contributed by atoms with Crippen LogP contribution in [0, 0.1) is 17.0 Å². The van der Waals surface area contributed by atoms with Gasteiger partial charge in [-0.25, -0.2) is 0 Å². The molecule has 1 heterocycles. The van der Waals surface area contributed by atoms with Crippen LogP contribution >= 0.6 is 11.6 Å². The van der Waals surface area contributed by atoms with E-state index >= 15 is 0 Å². The number of halogens is 1. The van der Waals surface area contributed by atoms with E-state index in [0.29, 0.717) is 17.3 Å². The summed E-state index contributed by atoms with van der Waals surface area (Å²) in [5.74, 6) is 2.18. The molecular formula is C20H19ClN2O4. The van der Waals surface area contributed by atoms with E-state index < -0.39 is 4.92 Å². The molecule has 0 aliphatic rings. The molecule has 140 valence electrons. The molecule has 7 heteroatoms. The fourth-order valence-corrected chi connectivity index (χ4v) is 2.78. The van der Waals surface area contributed by atoms with Crippen molar-refractivity contribution in [2.24, 2.45) is 0 Å². The first-order chi connectivity index (χ1) is 12.9. The fourth-order valence-electron chi connectivity index (χ4n) is 2.61. The molecule has 1 N–H and O–H groups in total. The summed E-state index contributed by atoms with van der Waals surface area (Å²) in [4.78, 5) is 11.0. The Kier molecular flexibility index (Phi) is 5.78. The first kappa shape index (κ1) is 18.9. The Labute approximate surface area is 161 Å². The third kappa shape index (κ3) is 4.67. The van der Waals surface area contributed by atoms with Crippen LogP contribution in [0.2, 0.25) is 5.02 Å². The lowest BCUT2D eigenvalue weighted by Gasteiger charge is -2.12. The first-order valence-electron chi connectivity index (χ1n) is 8.43. The van der Waals surface area contributed by atoms with Crippen LogP contribution < -0.4 is 10.1 Å². The molecule has 0 fully saturated rings. The van der Waals surface area contributed by atoms with Crippen LogP contribution in [0.1, 0.15) is 30.0 Å². The summed E-state index contributed by atoms with van der Waals surface area (Å²) in [6.07, 6.45) is 0. The van der Waals surface area contributed by atoms with Gasteiger partial charge >= 0.3 is 5.69 Å². The zero-order chi connectivity index (χ0) is 19.4. The molecule has 0 aliphatic carbocycles. The number of aryl methyl sites for hydroxylation is 1. The molecule has 0 amide bonds. The molecule has 1 unspecified atom stereocenters. The van der Waals surface area contributed by atoms with Gasteiger partial charge in [-0.1, -0.05) is 29.8 Å². The van der Waals surface area contributed by atoms with Crippen LogP contribution in [0.3, 0.4) is 0 Å². The number of nitrogens with one attached hydrogen (secondary N) is 1. The summed E-state index contributed by atoms with van der Waals surface area (Å²) in [5, 5.41) is 15.2. The van der Waals surface area contributed by atoms with Crippen LogP contribution in [0.5, 0.6) is 11.5 Å².